The lowest BCUT2D eigenvalue weighted by molar-refractivity contribution is 0.493. The summed E-state index contributed by atoms with van der Waals surface area (Å²) >= 11 is 0. The van der Waals surface area contributed by atoms with E-state index in [9.17, 15) is 0 Å². The van der Waals surface area contributed by atoms with E-state index in [-0.39, 0.29) is 0 Å². The van der Waals surface area contributed by atoms with Crippen LogP contribution in [-0.2, 0) is 6.42 Å². The number of aryl methyl sites for hydroxylation is 1. The molecule has 0 amide bonds. The van der Waals surface area contributed by atoms with Crippen molar-refractivity contribution in [3.63, 3.8) is 0 Å². The molecule has 0 heteroatoms. The van der Waals surface area contributed by atoms with Crippen molar-refractivity contribution in [3.8, 4) is 0 Å². The van der Waals surface area contributed by atoms with Crippen LogP contribution in [0.25, 0.3) is 27.1 Å². The zero-order valence-corrected chi connectivity index (χ0v) is 17.2. The molecule has 0 saturated carbocycles. The van der Waals surface area contributed by atoms with Gasteiger partial charge >= 0.3 is 0 Å². The molecule has 2 aliphatic rings. The lowest BCUT2D eigenvalue weighted by Gasteiger charge is -2.37. The maximum Gasteiger partial charge on any atom is -0.0109 e. The number of allylic oxidation sites excluding steroid dienone is 2. The Hall–Kier alpha value is -2.86. The number of hydrogen-bond donors (Lipinski definition) is 0. The highest BCUT2D eigenvalue weighted by atomic mass is 14.4. The highest BCUT2D eigenvalue weighted by molar-refractivity contribution is 5.99. The predicted molar refractivity (Wildman–Crippen MR) is 125 cm³/mol. The fraction of sp³-hybridized carbons (Fsp3) is 0.241. The van der Waals surface area contributed by atoms with E-state index < -0.39 is 0 Å². The van der Waals surface area contributed by atoms with Crippen LogP contribution in [-0.4, -0.2) is 0 Å². The molecular formula is C29H26. The summed E-state index contributed by atoms with van der Waals surface area (Å²) in [6, 6.07) is 25.2. The minimum atomic E-state index is 0.597. The molecule has 29 heavy (non-hydrogen) atoms. The van der Waals surface area contributed by atoms with Crippen molar-refractivity contribution in [3.05, 3.63) is 101 Å². The molecule has 2 atom stereocenters. The molecule has 0 heterocycles. The maximum absolute atomic E-state index is 2.47. The van der Waals surface area contributed by atoms with Crippen LogP contribution in [0, 0.1) is 6.92 Å². The summed E-state index contributed by atoms with van der Waals surface area (Å²) in [6.45, 7) is 4.57. The van der Waals surface area contributed by atoms with Gasteiger partial charge in [-0.3, -0.25) is 0 Å². The van der Waals surface area contributed by atoms with Crippen LogP contribution in [0.5, 0.6) is 0 Å². The van der Waals surface area contributed by atoms with Gasteiger partial charge in [0, 0.05) is 0 Å². The van der Waals surface area contributed by atoms with E-state index in [0.29, 0.717) is 11.8 Å². The normalized spacial score (nSPS) is 20.6. The standard InChI is InChI=1S/C29H26/c1-18-10-12-23-15-25(16-24-13-11-19(2)28(18)29(23)24)26-9-5-8-22-14-20-6-3-4-7-21(20)17-27(22)26/h3-12,14,17,24-25H,13,15-16H2,1-2H3. The Bertz CT molecular complexity index is 1300. The maximum atomic E-state index is 2.47. The lowest BCUT2D eigenvalue weighted by Crippen LogP contribution is -2.21. The molecule has 0 aromatic heterocycles. The first-order valence-corrected chi connectivity index (χ1v) is 10.9. The largest absolute Gasteiger partial charge is 0.0804 e. The molecule has 0 saturated heterocycles. The molecule has 0 fully saturated rings. The van der Waals surface area contributed by atoms with E-state index in [1.54, 1.807) is 16.7 Å². The van der Waals surface area contributed by atoms with Crippen LogP contribution in [0.2, 0.25) is 0 Å². The van der Waals surface area contributed by atoms with Gasteiger partial charge in [0.25, 0.3) is 0 Å². The molecule has 0 spiro atoms. The predicted octanol–water partition coefficient (Wildman–Crippen LogP) is 7.92. The minimum Gasteiger partial charge on any atom is -0.0804 e. The van der Waals surface area contributed by atoms with Gasteiger partial charge in [0.1, 0.15) is 0 Å². The van der Waals surface area contributed by atoms with Gasteiger partial charge in [-0.05, 0) is 112 Å². The molecule has 0 nitrogen and oxygen atoms in total. The number of benzene rings is 4. The Balaban J connectivity index is 1.51. The van der Waals surface area contributed by atoms with E-state index in [0.717, 1.165) is 0 Å². The third kappa shape index (κ3) is 2.59. The fourth-order valence-corrected chi connectivity index (χ4v) is 5.97. The summed E-state index contributed by atoms with van der Waals surface area (Å²) in [6.07, 6.45) is 6.10. The smallest absolute Gasteiger partial charge is 0.0109 e. The molecule has 0 bridgehead atoms. The Labute approximate surface area is 172 Å². The first kappa shape index (κ1) is 17.0. The Morgan fingerprint density at radius 1 is 0.759 bits per heavy atom. The number of rotatable bonds is 1. The first-order chi connectivity index (χ1) is 14.2. The molecule has 6 rings (SSSR count). The highest BCUT2D eigenvalue weighted by Crippen LogP contribution is 2.49. The van der Waals surface area contributed by atoms with Crippen LogP contribution in [0.4, 0.5) is 0 Å². The molecular weight excluding hydrogens is 348 g/mol. The van der Waals surface area contributed by atoms with Crippen molar-refractivity contribution in [2.24, 2.45) is 0 Å². The van der Waals surface area contributed by atoms with Crippen molar-refractivity contribution in [2.45, 2.75) is 44.9 Å². The number of hydrogen-bond acceptors (Lipinski definition) is 0. The average Bonchev–Trinajstić information content (AvgIpc) is 2.75. The van der Waals surface area contributed by atoms with Crippen LogP contribution in [0.1, 0.15) is 59.4 Å². The van der Waals surface area contributed by atoms with Gasteiger partial charge < -0.3 is 0 Å². The van der Waals surface area contributed by atoms with E-state index >= 15 is 0 Å². The molecule has 0 N–H and O–H groups in total. The van der Waals surface area contributed by atoms with Crippen molar-refractivity contribution in [2.75, 3.05) is 0 Å². The Morgan fingerprint density at radius 3 is 2.41 bits per heavy atom. The second-order valence-corrected chi connectivity index (χ2v) is 9.05. The SMILES string of the molecule is CC1=CCC2CC(c3cccc4cc5ccccc5cc34)Cc3ccc(C)c1c32. The van der Waals surface area contributed by atoms with Crippen molar-refractivity contribution in [1.29, 1.82) is 0 Å². The zero-order chi connectivity index (χ0) is 19.5. The van der Waals surface area contributed by atoms with Gasteiger partial charge in [0.2, 0.25) is 0 Å². The molecule has 2 aliphatic carbocycles. The summed E-state index contributed by atoms with van der Waals surface area (Å²) in [4.78, 5) is 0. The molecule has 4 aromatic carbocycles. The molecule has 0 aliphatic heterocycles. The highest BCUT2D eigenvalue weighted by Gasteiger charge is 2.32. The molecule has 4 aromatic rings. The van der Waals surface area contributed by atoms with Gasteiger partial charge in [-0.25, -0.2) is 0 Å². The monoisotopic (exact) mass is 374 g/mol. The van der Waals surface area contributed by atoms with E-state index in [1.165, 1.54) is 57.5 Å². The van der Waals surface area contributed by atoms with Crippen LogP contribution >= 0.6 is 0 Å². The lowest BCUT2D eigenvalue weighted by atomic mass is 9.67. The van der Waals surface area contributed by atoms with E-state index in [4.69, 9.17) is 0 Å². The molecule has 0 radical (unpaired) electrons. The third-order valence-corrected chi connectivity index (χ3v) is 7.31. The Morgan fingerprint density at radius 2 is 1.55 bits per heavy atom. The van der Waals surface area contributed by atoms with Gasteiger partial charge in [-0.2, -0.15) is 0 Å². The van der Waals surface area contributed by atoms with E-state index in [2.05, 4.69) is 86.7 Å². The zero-order valence-electron chi connectivity index (χ0n) is 17.2. The minimum absolute atomic E-state index is 0.597. The summed E-state index contributed by atoms with van der Waals surface area (Å²) in [5, 5.41) is 5.49. The second kappa shape index (κ2) is 6.32. The molecule has 142 valence electrons. The number of fused-ring (bicyclic) bond motifs is 2. The van der Waals surface area contributed by atoms with Gasteiger partial charge in [0.05, 0.1) is 0 Å². The Kier molecular flexibility index (Phi) is 3.71. The van der Waals surface area contributed by atoms with Crippen molar-refractivity contribution in [1.82, 2.24) is 0 Å². The van der Waals surface area contributed by atoms with Crippen molar-refractivity contribution < 1.29 is 0 Å². The second-order valence-electron chi connectivity index (χ2n) is 9.05. The van der Waals surface area contributed by atoms with Crippen LogP contribution in [0.15, 0.2) is 72.8 Å². The van der Waals surface area contributed by atoms with Crippen LogP contribution < -0.4 is 0 Å². The van der Waals surface area contributed by atoms with Crippen LogP contribution in [0.3, 0.4) is 0 Å². The fourth-order valence-electron chi connectivity index (χ4n) is 5.97. The summed E-state index contributed by atoms with van der Waals surface area (Å²) in [5.74, 6) is 1.26. The van der Waals surface area contributed by atoms with Gasteiger partial charge in [-0.15, -0.1) is 0 Å². The summed E-state index contributed by atoms with van der Waals surface area (Å²) in [7, 11) is 0. The first-order valence-electron chi connectivity index (χ1n) is 10.9. The van der Waals surface area contributed by atoms with Gasteiger partial charge in [-0.1, -0.05) is 60.7 Å². The molecule has 2 unspecified atom stereocenters. The summed E-state index contributed by atoms with van der Waals surface area (Å²) in [5.41, 5.74) is 9.24. The summed E-state index contributed by atoms with van der Waals surface area (Å²) < 4.78 is 0. The van der Waals surface area contributed by atoms with Gasteiger partial charge in [0.15, 0.2) is 0 Å². The van der Waals surface area contributed by atoms with E-state index in [1.807, 2.05) is 0 Å². The topological polar surface area (TPSA) is 0 Å². The van der Waals surface area contributed by atoms with Crippen molar-refractivity contribution >= 4 is 27.1 Å². The quantitative estimate of drug-likeness (QED) is 0.297. The third-order valence-electron chi connectivity index (χ3n) is 7.31. The average molecular weight is 375 g/mol.